The Kier molecular flexibility index (Phi) is 6.13. The van der Waals surface area contributed by atoms with Gasteiger partial charge in [0.15, 0.2) is 0 Å². The average molecular weight is 392 g/mol. The van der Waals surface area contributed by atoms with Gasteiger partial charge in [-0.1, -0.05) is 38.1 Å². The van der Waals surface area contributed by atoms with Crippen LogP contribution in [0.15, 0.2) is 54.7 Å². The minimum atomic E-state index is -0.585. The van der Waals surface area contributed by atoms with E-state index in [2.05, 4.69) is 40.0 Å². The van der Waals surface area contributed by atoms with Crippen LogP contribution in [-0.2, 0) is 6.54 Å². The molecule has 0 bridgehead atoms. The standard InChI is InChI=1S/C21H24N6O2/c1-13(2)15-6-4-8-17(10-15)26-21(29)25-16-7-3-5-14(9-16)11-23-18-12-24-27-19(18)20(22)28/h3-10,12-13,23H,11H2,1-2H3,(H2,22,28)(H,24,27)(H2,25,26,29). The summed E-state index contributed by atoms with van der Waals surface area (Å²) in [5, 5.41) is 15.2. The van der Waals surface area contributed by atoms with Crippen molar-refractivity contribution in [2.45, 2.75) is 26.3 Å². The van der Waals surface area contributed by atoms with Gasteiger partial charge in [-0.25, -0.2) is 4.79 Å². The first kappa shape index (κ1) is 19.9. The van der Waals surface area contributed by atoms with Gasteiger partial charge in [-0.05, 0) is 41.3 Å². The van der Waals surface area contributed by atoms with Crippen LogP contribution in [0.2, 0.25) is 0 Å². The average Bonchev–Trinajstić information content (AvgIpc) is 3.16. The van der Waals surface area contributed by atoms with Crippen LogP contribution in [0.25, 0.3) is 0 Å². The first-order valence-electron chi connectivity index (χ1n) is 9.26. The zero-order valence-electron chi connectivity index (χ0n) is 16.3. The number of aromatic amines is 1. The van der Waals surface area contributed by atoms with Crippen molar-refractivity contribution in [3.8, 4) is 0 Å². The lowest BCUT2D eigenvalue weighted by Crippen LogP contribution is -2.19. The van der Waals surface area contributed by atoms with Crippen molar-refractivity contribution in [1.82, 2.24) is 10.2 Å². The Bertz CT molecular complexity index is 1010. The molecule has 0 aliphatic carbocycles. The molecule has 0 radical (unpaired) electrons. The number of nitrogens with zero attached hydrogens (tertiary/aromatic N) is 1. The number of nitrogens with one attached hydrogen (secondary N) is 4. The fourth-order valence-electron chi connectivity index (χ4n) is 2.83. The molecule has 3 rings (SSSR count). The molecule has 0 spiro atoms. The number of urea groups is 1. The summed E-state index contributed by atoms with van der Waals surface area (Å²) >= 11 is 0. The Morgan fingerprint density at radius 1 is 1.07 bits per heavy atom. The van der Waals surface area contributed by atoms with Gasteiger partial charge in [-0.3, -0.25) is 9.89 Å². The summed E-state index contributed by atoms with van der Waals surface area (Å²) in [4.78, 5) is 23.7. The largest absolute Gasteiger partial charge is 0.378 e. The molecule has 8 nitrogen and oxygen atoms in total. The maximum atomic E-state index is 12.3. The van der Waals surface area contributed by atoms with Crippen molar-refractivity contribution >= 4 is 29.0 Å². The second-order valence-corrected chi connectivity index (χ2v) is 6.94. The highest BCUT2D eigenvalue weighted by molar-refractivity contribution is 5.99. The van der Waals surface area contributed by atoms with E-state index in [9.17, 15) is 9.59 Å². The number of H-pyrrole nitrogens is 1. The predicted octanol–water partition coefficient (Wildman–Crippen LogP) is 3.89. The summed E-state index contributed by atoms with van der Waals surface area (Å²) in [6, 6.07) is 14.9. The van der Waals surface area contributed by atoms with Crippen LogP contribution in [0.3, 0.4) is 0 Å². The molecular formula is C21H24N6O2. The fourth-order valence-corrected chi connectivity index (χ4v) is 2.83. The number of nitrogens with two attached hydrogens (primary N) is 1. The first-order valence-corrected chi connectivity index (χ1v) is 9.26. The van der Waals surface area contributed by atoms with Crippen molar-refractivity contribution in [3.63, 3.8) is 0 Å². The van der Waals surface area contributed by atoms with Crippen LogP contribution in [0.4, 0.5) is 21.9 Å². The highest BCUT2D eigenvalue weighted by Gasteiger charge is 2.10. The summed E-state index contributed by atoms with van der Waals surface area (Å²) in [5.41, 5.74) is 9.52. The van der Waals surface area contributed by atoms with Crippen LogP contribution >= 0.6 is 0 Å². The van der Waals surface area contributed by atoms with E-state index in [1.54, 1.807) is 6.07 Å². The van der Waals surface area contributed by atoms with Crippen molar-refractivity contribution in [3.05, 3.63) is 71.5 Å². The zero-order chi connectivity index (χ0) is 20.8. The predicted molar refractivity (Wildman–Crippen MR) is 114 cm³/mol. The van der Waals surface area contributed by atoms with Crippen LogP contribution < -0.4 is 21.7 Å². The van der Waals surface area contributed by atoms with Crippen LogP contribution in [0.5, 0.6) is 0 Å². The van der Waals surface area contributed by atoms with Crippen molar-refractivity contribution in [2.24, 2.45) is 5.73 Å². The number of rotatable bonds is 7. The van der Waals surface area contributed by atoms with Crippen molar-refractivity contribution in [1.29, 1.82) is 0 Å². The number of primary amides is 1. The van der Waals surface area contributed by atoms with E-state index in [4.69, 9.17) is 5.73 Å². The number of carbonyl (C=O) groups is 2. The lowest BCUT2D eigenvalue weighted by molar-refractivity contribution is 0.0996. The molecule has 2 aromatic carbocycles. The van der Waals surface area contributed by atoms with E-state index in [0.29, 0.717) is 23.8 Å². The third-order valence-corrected chi connectivity index (χ3v) is 4.36. The van der Waals surface area contributed by atoms with E-state index in [-0.39, 0.29) is 11.7 Å². The van der Waals surface area contributed by atoms with Gasteiger partial charge in [-0.15, -0.1) is 0 Å². The molecule has 29 heavy (non-hydrogen) atoms. The molecule has 1 heterocycles. The Hall–Kier alpha value is -3.81. The molecule has 0 aliphatic rings. The summed E-state index contributed by atoms with van der Waals surface area (Å²) in [6.07, 6.45) is 1.50. The molecule has 0 atom stereocenters. The van der Waals surface area contributed by atoms with Gasteiger partial charge in [0.2, 0.25) is 0 Å². The monoisotopic (exact) mass is 392 g/mol. The summed E-state index contributed by atoms with van der Waals surface area (Å²) in [7, 11) is 0. The quantitative estimate of drug-likeness (QED) is 0.418. The Morgan fingerprint density at radius 3 is 2.45 bits per heavy atom. The van der Waals surface area contributed by atoms with Gasteiger partial charge < -0.3 is 21.7 Å². The van der Waals surface area contributed by atoms with Crippen LogP contribution in [-0.4, -0.2) is 22.1 Å². The van der Waals surface area contributed by atoms with E-state index in [1.165, 1.54) is 6.20 Å². The molecule has 6 N–H and O–H groups in total. The summed E-state index contributed by atoms with van der Waals surface area (Å²) < 4.78 is 0. The molecule has 150 valence electrons. The number of aromatic nitrogens is 2. The molecule has 3 amide bonds. The Morgan fingerprint density at radius 2 is 1.76 bits per heavy atom. The molecule has 3 aromatic rings. The van der Waals surface area contributed by atoms with Gasteiger partial charge >= 0.3 is 6.03 Å². The second-order valence-electron chi connectivity index (χ2n) is 6.94. The smallest absolute Gasteiger partial charge is 0.323 e. The van der Waals surface area contributed by atoms with E-state index in [0.717, 1.165) is 16.8 Å². The second kappa shape index (κ2) is 8.92. The fraction of sp³-hybridized carbons (Fsp3) is 0.190. The number of anilines is 3. The summed E-state index contributed by atoms with van der Waals surface area (Å²) in [5.74, 6) is -0.201. The molecule has 8 heteroatoms. The number of amides is 3. The SMILES string of the molecule is CC(C)c1cccc(NC(=O)Nc2cccc(CNc3cn[nH]c3C(N)=O)c2)c1. The Labute approximate surface area is 168 Å². The molecule has 0 saturated heterocycles. The number of benzene rings is 2. The van der Waals surface area contributed by atoms with Gasteiger partial charge in [0.05, 0.1) is 11.9 Å². The van der Waals surface area contributed by atoms with E-state index in [1.807, 2.05) is 42.5 Å². The maximum absolute atomic E-state index is 12.3. The minimum absolute atomic E-state index is 0.224. The van der Waals surface area contributed by atoms with Crippen molar-refractivity contribution < 1.29 is 9.59 Å². The molecule has 1 aromatic heterocycles. The number of hydrogen-bond acceptors (Lipinski definition) is 4. The third-order valence-electron chi connectivity index (χ3n) is 4.36. The topological polar surface area (TPSA) is 125 Å². The van der Waals surface area contributed by atoms with Gasteiger partial charge in [-0.2, -0.15) is 5.10 Å². The molecular weight excluding hydrogens is 368 g/mol. The molecule has 0 unspecified atom stereocenters. The van der Waals surface area contributed by atoms with Gasteiger partial charge in [0, 0.05) is 17.9 Å². The maximum Gasteiger partial charge on any atom is 0.323 e. The number of hydrogen-bond donors (Lipinski definition) is 5. The van der Waals surface area contributed by atoms with Gasteiger partial charge in [0.1, 0.15) is 5.69 Å². The number of carbonyl (C=O) groups excluding carboxylic acids is 2. The molecule has 0 aliphatic heterocycles. The highest BCUT2D eigenvalue weighted by atomic mass is 16.2. The normalized spacial score (nSPS) is 10.6. The lowest BCUT2D eigenvalue weighted by Gasteiger charge is -2.12. The Balaban J connectivity index is 1.60. The third kappa shape index (κ3) is 5.35. The van der Waals surface area contributed by atoms with E-state index >= 15 is 0 Å². The van der Waals surface area contributed by atoms with Crippen molar-refractivity contribution in [2.75, 3.05) is 16.0 Å². The minimum Gasteiger partial charge on any atom is -0.378 e. The zero-order valence-corrected chi connectivity index (χ0v) is 16.3. The summed E-state index contributed by atoms with van der Waals surface area (Å²) in [6.45, 7) is 4.65. The first-order chi connectivity index (χ1) is 13.9. The van der Waals surface area contributed by atoms with Crippen LogP contribution in [0.1, 0.15) is 41.4 Å². The lowest BCUT2D eigenvalue weighted by atomic mass is 10.0. The molecule has 0 saturated carbocycles. The van der Waals surface area contributed by atoms with E-state index < -0.39 is 5.91 Å². The van der Waals surface area contributed by atoms with Crippen LogP contribution in [0, 0.1) is 0 Å². The highest BCUT2D eigenvalue weighted by Crippen LogP contribution is 2.19. The van der Waals surface area contributed by atoms with Gasteiger partial charge in [0.25, 0.3) is 5.91 Å². The molecule has 0 fully saturated rings.